The van der Waals surface area contributed by atoms with E-state index in [9.17, 15) is 4.79 Å². The Morgan fingerprint density at radius 3 is 2.68 bits per heavy atom. The maximum Gasteiger partial charge on any atom is 0.335 e. The molecule has 1 saturated heterocycles. The number of carbonyl (C=O) groups is 1. The van der Waals surface area contributed by atoms with E-state index in [2.05, 4.69) is 28.9 Å². The first kappa shape index (κ1) is 14.8. The van der Waals surface area contributed by atoms with Crippen molar-refractivity contribution in [3.63, 3.8) is 0 Å². The Morgan fingerprint density at radius 2 is 2.09 bits per heavy atom. The van der Waals surface area contributed by atoms with Crippen LogP contribution < -0.4 is 0 Å². The van der Waals surface area contributed by atoms with Crippen molar-refractivity contribution in [3.8, 4) is 0 Å². The van der Waals surface area contributed by atoms with Gasteiger partial charge in [-0.3, -0.25) is 10.00 Å². The van der Waals surface area contributed by atoms with Crippen LogP contribution >= 0.6 is 0 Å². The van der Waals surface area contributed by atoms with E-state index in [0.29, 0.717) is 11.6 Å². The summed E-state index contributed by atoms with van der Waals surface area (Å²) in [4.78, 5) is 13.4. The number of benzene rings is 1. The van der Waals surface area contributed by atoms with E-state index in [1.54, 1.807) is 12.1 Å². The highest BCUT2D eigenvalue weighted by molar-refractivity contribution is 5.87. The summed E-state index contributed by atoms with van der Waals surface area (Å²) >= 11 is 0. The van der Waals surface area contributed by atoms with Crippen LogP contribution in [0.1, 0.15) is 51.8 Å². The fourth-order valence-corrected chi connectivity index (χ4v) is 3.38. The maximum absolute atomic E-state index is 10.9. The van der Waals surface area contributed by atoms with Gasteiger partial charge in [0.05, 0.1) is 11.3 Å². The molecule has 0 amide bonds. The third kappa shape index (κ3) is 2.76. The number of hydrogen-bond acceptors (Lipinski definition) is 3. The fourth-order valence-electron chi connectivity index (χ4n) is 3.38. The lowest BCUT2D eigenvalue weighted by molar-refractivity contribution is 0.0697. The van der Waals surface area contributed by atoms with Crippen LogP contribution in [0.4, 0.5) is 0 Å². The van der Waals surface area contributed by atoms with Gasteiger partial charge in [-0.2, -0.15) is 5.10 Å². The Hall–Kier alpha value is -2.14. The summed E-state index contributed by atoms with van der Waals surface area (Å²) in [5.41, 5.74) is 5.03. The molecule has 1 aliphatic rings. The van der Waals surface area contributed by atoms with Crippen LogP contribution in [0, 0.1) is 13.8 Å². The van der Waals surface area contributed by atoms with Crippen molar-refractivity contribution in [2.75, 3.05) is 6.54 Å². The van der Waals surface area contributed by atoms with Gasteiger partial charge < -0.3 is 5.11 Å². The first-order valence-electron chi connectivity index (χ1n) is 7.64. The first-order valence-corrected chi connectivity index (χ1v) is 7.64. The number of aromatic nitrogens is 2. The molecule has 0 radical (unpaired) electrons. The standard InChI is InChI=1S/C17H21N3O2/c1-11-16(12(2)19-18-11)15-4-3-9-20(15)10-13-5-7-14(8-6-13)17(21)22/h5-8,15H,3-4,9-10H2,1-2H3,(H,18,19)(H,21,22). The van der Waals surface area contributed by atoms with E-state index < -0.39 is 5.97 Å². The Kier molecular flexibility index (Phi) is 3.98. The van der Waals surface area contributed by atoms with Gasteiger partial charge in [0.25, 0.3) is 0 Å². The average Bonchev–Trinajstić information content (AvgIpc) is 3.06. The molecule has 0 spiro atoms. The van der Waals surface area contributed by atoms with Crippen LogP contribution in [0.5, 0.6) is 0 Å². The molecule has 0 saturated carbocycles. The Bertz CT molecular complexity index is 656. The van der Waals surface area contributed by atoms with Crippen molar-refractivity contribution < 1.29 is 9.90 Å². The molecule has 0 bridgehead atoms. The maximum atomic E-state index is 10.9. The minimum atomic E-state index is -0.879. The number of carboxylic acid groups (broad SMARTS) is 1. The monoisotopic (exact) mass is 299 g/mol. The highest BCUT2D eigenvalue weighted by Crippen LogP contribution is 2.35. The van der Waals surface area contributed by atoms with Crippen molar-refractivity contribution in [1.29, 1.82) is 0 Å². The number of nitrogens with zero attached hydrogens (tertiary/aromatic N) is 2. The number of carboxylic acids is 1. The number of aryl methyl sites for hydroxylation is 2. The Balaban J connectivity index is 1.78. The predicted molar refractivity (Wildman–Crippen MR) is 83.8 cm³/mol. The van der Waals surface area contributed by atoms with Gasteiger partial charge in [0.1, 0.15) is 0 Å². The minimum Gasteiger partial charge on any atom is -0.478 e. The van der Waals surface area contributed by atoms with Gasteiger partial charge in [0.2, 0.25) is 0 Å². The highest BCUT2D eigenvalue weighted by atomic mass is 16.4. The lowest BCUT2D eigenvalue weighted by atomic mass is 10.0. The van der Waals surface area contributed by atoms with E-state index >= 15 is 0 Å². The molecule has 116 valence electrons. The Morgan fingerprint density at radius 1 is 1.36 bits per heavy atom. The molecule has 2 N–H and O–H groups in total. The first-order chi connectivity index (χ1) is 10.6. The summed E-state index contributed by atoms with van der Waals surface area (Å²) in [7, 11) is 0. The minimum absolute atomic E-state index is 0.336. The normalized spacial score (nSPS) is 18.7. The third-order valence-electron chi connectivity index (χ3n) is 4.47. The molecule has 0 aliphatic carbocycles. The molecule has 3 rings (SSSR count). The smallest absolute Gasteiger partial charge is 0.335 e. The summed E-state index contributed by atoms with van der Waals surface area (Å²) in [6, 6.07) is 7.58. The Labute approximate surface area is 130 Å². The van der Waals surface area contributed by atoms with Crippen LogP contribution in [-0.4, -0.2) is 32.7 Å². The molecule has 2 aromatic rings. The second kappa shape index (κ2) is 5.93. The van der Waals surface area contributed by atoms with E-state index in [0.717, 1.165) is 36.5 Å². The molecular weight excluding hydrogens is 278 g/mol. The molecule has 1 aliphatic heterocycles. The summed E-state index contributed by atoms with van der Waals surface area (Å²) in [6.45, 7) is 6.04. The van der Waals surface area contributed by atoms with Crippen LogP contribution in [-0.2, 0) is 6.54 Å². The molecule has 1 fully saturated rings. The van der Waals surface area contributed by atoms with Gasteiger partial charge in [-0.25, -0.2) is 4.79 Å². The predicted octanol–water partition coefficient (Wildman–Crippen LogP) is 3.06. The second-order valence-corrected chi connectivity index (χ2v) is 5.98. The van der Waals surface area contributed by atoms with Crippen molar-refractivity contribution in [2.24, 2.45) is 0 Å². The average molecular weight is 299 g/mol. The van der Waals surface area contributed by atoms with Gasteiger partial charge in [0.15, 0.2) is 0 Å². The molecule has 1 aromatic heterocycles. The lowest BCUT2D eigenvalue weighted by Gasteiger charge is -2.25. The van der Waals surface area contributed by atoms with E-state index in [-0.39, 0.29) is 0 Å². The second-order valence-electron chi connectivity index (χ2n) is 5.98. The van der Waals surface area contributed by atoms with Crippen LogP contribution in [0.2, 0.25) is 0 Å². The number of nitrogens with one attached hydrogen (secondary N) is 1. The van der Waals surface area contributed by atoms with Gasteiger partial charge in [-0.15, -0.1) is 0 Å². The highest BCUT2D eigenvalue weighted by Gasteiger charge is 2.29. The van der Waals surface area contributed by atoms with E-state index in [4.69, 9.17) is 5.11 Å². The number of aromatic amines is 1. The van der Waals surface area contributed by atoms with Crippen molar-refractivity contribution in [1.82, 2.24) is 15.1 Å². The van der Waals surface area contributed by atoms with Crippen molar-refractivity contribution >= 4 is 5.97 Å². The third-order valence-corrected chi connectivity index (χ3v) is 4.47. The van der Waals surface area contributed by atoms with E-state index in [1.165, 1.54) is 12.0 Å². The molecule has 1 aromatic carbocycles. The van der Waals surface area contributed by atoms with Gasteiger partial charge in [-0.1, -0.05) is 12.1 Å². The molecule has 2 heterocycles. The number of rotatable bonds is 4. The zero-order chi connectivity index (χ0) is 15.7. The molecule has 1 unspecified atom stereocenters. The molecule has 1 atom stereocenters. The topological polar surface area (TPSA) is 69.2 Å². The largest absolute Gasteiger partial charge is 0.478 e. The molecule has 22 heavy (non-hydrogen) atoms. The molecule has 5 nitrogen and oxygen atoms in total. The van der Waals surface area contributed by atoms with E-state index in [1.807, 2.05) is 12.1 Å². The SMILES string of the molecule is Cc1n[nH]c(C)c1C1CCCN1Cc1ccc(C(=O)O)cc1. The summed E-state index contributed by atoms with van der Waals surface area (Å²) < 4.78 is 0. The number of H-pyrrole nitrogens is 1. The fraction of sp³-hybridized carbons (Fsp3) is 0.412. The van der Waals surface area contributed by atoms with Crippen LogP contribution in [0.15, 0.2) is 24.3 Å². The van der Waals surface area contributed by atoms with Crippen molar-refractivity contribution in [2.45, 2.75) is 39.3 Å². The van der Waals surface area contributed by atoms with Gasteiger partial charge in [0, 0.05) is 23.8 Å². The quantitative estimate of drug-likeness (QED) is 0.910. The lowest BCUT2D eigenvalue weighted by Crippen LogP contribution is -2.23. The number of aromatic carboxylic acids is 1. The van der Waals surface area contributed by atoms with Crippen LogP contribution in [0.25, 0.3) is 0 Å². The molecular formula is C17H21N3O2. The van der Waals surface area contributed by atoms with Crippen molar-refractivity contribution in [3.05, 3.63) is 52.3 Å². The van der Waals surface area contributed by atoms with Gasteiger partial charge in [-0.05, 0) is 50.9 Å². The number of hydrogen-bond donors (Lipinski definition) is 2. The van der Waals surface area contributed by atoms with Crippen LogP contribution in [0.3, 0.4) is 0 Å². The zero-order valence-corrected chi connectivity index (χ0v) is 13.0. The van der Waals surface area contributed by atoms with Gasteiger partial charge >= 0.3 is 5.97 Å². The summed E-state index contributed by atoms with van der Waals surface area (Å²) in [5.74, 6) is -0.879. The summed E-state index contributed by atoms with van der Waals surface area (Å²) in [5, 5.41) is 16.4. The number of likely N-dealkylation sites (tertiary alicyclic amines) is 1. The summed E-state index contributed by atoms with van der Waals surface area (Å²) in [6.07, 6.45) is 2.33. The zero-order valence-electron chi connectivity index (χ0n) is 13.0. The molecule has 5 heteroatoms.